The minimum Gasteiger partial charge on any atom is -0.493 e. The van der Waals surface area contributed by atoms with Crippen molar-refractivity contribution in [2.24, 2.45) is 0 Å². The van der Waals surface area contributed by atoms with E-state index in [0.717, 1.165) is 58.7 Å². The van der Waals surface area contributed by atoms with Gasteiger partial charge in [-0.15, -0.1) is 0 Å². The van der Waals surface area contributed by atoms with E-state index in [2.05, 4.69) is 38.1 Å². The van der Waals surface area contributed by atoms with Crippen LogP contribution >= 0.6 is 0 Å². The smallest absolute Gasteiger partial charge is 0.237 e. The molecule has 0 unspecified atom stereocenters. The van der Waals surface area contributed by atoms with Crippen molar-refractivity contribution in [2.45, 2.75) is 44.2 Å². The third-order valence-electron chi connectivity index (χ3n) is 7.24. The SMILES string of the molecule is N#Cc1ccc2ncn(-c3ncc4nc(NC5CCCC5)n([C@@H]5CCOc6ccccc65)c4n3)c2c1. The maximum absolute atomic E-state index is 9.38. The van der Waals surface area contributed by atoms with E-state index in [1.54, 1.807) is 18.6 Å². The summed E-state index contributed by atoms with van der Waals surface area (Å²) >= 11 is 0. The number of nitrogens with zero attached hydrogens (tertiary/aromatic N) is 7. The average molecular weight is 477 g/mol. The first-order valence-corrected chi connectivity index (χ1v) is 12.4. The summed E-state index contributed by atoms with van der Waals surface area (Å²) in [6, 6.07) is 16.3. The number of rotatable bonds is 4. The zero-order valence-electron chi connectivity index (χ0n) is 19.6. The summed E-state index contributed by atoms with van der Waals surface area (Å²) in [7, 11) is 0. The lowest BCUT2D eigenvalue weighted by Crippen LogP contribution is -2.24. The van der Waals surface area contributed by atoms with Crippen LogP contribution in [0.4, 0.5) is 5.95 Å². The highest BCUT2D eigenvalue weighted by molar-refractivity contribution is 5.79. The molecule has 178 valence electrons. The molecule has 36 heavy (non-hydrogen) atoms. The number of nitriles is 1. The topological polar surface area (TPSA) is 106 Å². The highest BCUT2D eigenvalue weighted by Gasteiger charge is 2.29. The van der Waals surface area contributed by atoms with Crippen LogP contribution in [0.1, 0.15) is 49.3 Å². The van der Waals surface area contributed by atoms with E-state index >= 15 is 0 Å². The molecule has 0 spiro atoms. The fraction of sp³-hybridized carbons (Fsp3) is 0.296. The first-order chi connectivity index (χ1) is 17.8. The van der Waals surface area contributed by atoms with Gasteiger partial charge in [0.1, 0.15) is 17.6 Å². The Kier molecular flexibility index (Phi) is 4.84. The van der Waals surface area contributed by atoms with E-state index in [0.29, 0.717) is 24.2 Å². The summed E-state index contributed by atoms with van der Waals surface area (Å²) in [5, 5.41) is 13.1. The van der Waals surface area contributed by atoms with Gasteiger partial charge in [-0.05, 0) is 37.1 Å². The molecule has 1 atom stereocenters. The summed E-state index contributed by atoms with van der Waals surface area (Å²) in [5.74, 6) is 2.22. The van der Waals surface area contributed by atoms with Gasteiger partial charge in [-0.3, -0.25) is 9.13 Å². The van der Waals surface area contributed by atoms with Gasteiger partial charge in [-0.1, -0.05) is 31.0 Å². The fourth-order valence-corrected chi connectivity index (χ4v) is 5.48. The number of hydrogen-bond acceptors (Lipinski definition) is 7. The third kappa shape index (κ3) is 3.37. The Morgan fingerprint density at radius 1 is 1.00 bits per heavy atom. The fourth-order valence-electron chi connectivity index (χ4n) is 5.48. The Morgan fingerprint density at radius 3 is 2.78 bits per heavy atom. The molecule has 1 aliphatic carbocycles. The Hall–Kier alpha value is -4.45. The van der Waals surface area contributed by atoms with Crippen LogP contribution < -0.4 is 10.1 Å². The van der Waals surface area contributed by atoms with Crippen LogP contribution in [0.5, 0.6) is 5.75 Å². The van der Waals surface area contributed by atoms with Gasteiger partial charge in [0, 0.05) is 18.0 Å². The van der Waals surface area contributed by atoms with Crippen molar-refractivity contribution in [3.63, 3.8) is 0 Å². The number of fused-ring (bicyclic) bond motifs is 3. The zero-order chi connectivity index (χ0) is 24.1. The summed E-state index contributed by atoms with van der Waals surface area (Å²) in [5.41, 5.74) is 4.78. The molecule has 2 aromatic carbocycles. The first kappa shape index (κ1) is 20.9. The van der Waals surface area contributed by atoms with Crippen molar-refractivity contribution in [3.05, 3.63) is 66.1 Å². The molecule has 4 heterocycles. The van der Waals surface area contributed by atoms with E-state index in [1.165, 1.54) is 12.8 Å². The Bertz CT molecular complexity index is 1640. The Morgan fingerprint density at radius 2 is 1.89 bits per heavy atom. The Balaban J connectivity index is 1.41. The highest BCUT2D eigenvalue weighted by Crippen LogP contribution is 2.38. The van der Waals surface area contributed by atoms with Gasteiger partial charge in [0.25, 0.3) is 0 Å². The number of imidazole rings is 2. The summed E-state index contributed by atoms with van der Waals surface area (Å²) in [6.07, 6.45) is 9.06. The molecule has 7 rings (SSSR count). The third-order valence-corrected chi connectivity index (χ3v) is 7.24. The predicted octanol–water partition coefficient (Wildman–Crippen LogP) is 4.76. The van der Waals surface area contributed by atoms with E-state index in [1.807, 2.05) is 28.8 Å². The largest absolute Gasteiger partial charge is 0.493 e. The number of ether oxygens (including phenoxy) is 1. The highest BCUT2D eigenvalue weighted by atomic mass is 16.5. The van der Waals surface area contributed by atoms with Crippen LogP contribution in [0.3, 0.4) is 0 Å². The number of nitrogens with one attached hydrogen (secondary N) is 1. The molecular weight excluding hydrogens is 452 g/mol. The van der Waals surface area contributed by atoms with Crippen molar-refractivity contribution in [3.8, 4) is 17.8 Å². The van der Waals surface area contributed by atoms with Gasteiger partial charge in [-0.25, -0.2) is 15.0 Å². The zero-order valence-corrected chi connectivity index (χ0v) is 19.6. The van der Waals surface area contributed by atoms with Crippen molar-refractivity contribution in [1.82, 2.24) is 29.1 Å². The molecule has 1 saturated carbocycles. The monoisotopic (exact) mass is 476 g/mol. The van der Waals surface area contributed by atoms with Gasteiger partial charge in [0.2, 0.25) is 11.9 Å². The van der Waals surface area contributed by atoms with Crippen LogP contribution in [0.15, 0.2) is 55.0 Å². The number of benzene rings is 2. The molecule has 9 heteroatoms. The van der Waals surface area contributed by atoms with Crippen LogP contribution in [0.2, 0.25) is 0 Å². The van der Waals surface area contributed by atoms with Gasteiger partial charge in [0.05, 0.1) is 41.5 Å². The summed E-state index contributed by atoms with van der Waals surface area (Å²) in [4.78, 5) is 19.1. The summed E-state index contributed by atoms with van der Waals surface area (Å²) in [6.45, 7) is 0.630. The molecule has 1 N–H and O–H groups in total. The molecule has 0 saturated heterocycles. The Labute approximate surface area is 207 Å². The molecule has 5 aromatic rings. The quantitative estimate of drug-likeness (QED) is 0.398. The second-order valence-electron chi connectivity index (χ2n) is 9.43. The molecule has 3 aromatic heterocycles. The number of anilines is 1. The molecule has 0 radical (unpaired) electrons. The van der Waals surface area contributed by atoms with Crippen LogP contribution in [-0.4, -0.2) is 41.7 Å². The van der Waals surface area contributed by atoms with E-state index in [-0.39, 0.29) is 6.04 Å². The van der Waals surface area contributed by atoms with Crippen molar-refractivity contribution in [2.75, 3.05) is 11.9 Å². The lowest BCUT2D eigenvalue weighted by molar-refractivity contribution is 0.258. The van der Waals surface area contributed by atoms with Gasteiger partial charge >= 0.3 is 0 Å². The standard InChI is InChI=1S/C27H24N8O/c28-14-17-9-10-20-23(13-17)34(16-30-20)26-29-15-21-25(33-26)35(27(32-21)31-18-5-1-2-6-18)22-11-12-36-24-8-4-3-7-19(22)24/h3-4,7-10,13,15-16,18,22H,1-2,5-6,11-12H2,(H,31,32)/t22-/m1/s1. The molecule has 0 bridgehead atoms. The number of aromatic nitrogens is 6. The van der Waals surface area contributed by atoms with Crippen LogP contribution in [-0.2, 0) is 0 Å². The molecule has 0 amide bonds. The van der Waals surface area contributed by atoms with Gasteiger partial charge in [0.15, 0.2) is 5.65 Å². The second kappa shape index (κ2) is 8.34. The molecule has 1 fully saturated rings. The van der Waals surface area contributed by atoms with Gasteiger partial charge in [-0.2, -0.15) is 10.2 Å². The van der Waals surface area contributed by atoms with Crippen molar-refractivity contribution >= 4 is 28.1 Å². The number of para-hydroxylation sites is 1. The summed E-state index contributed by atoms with van der Waals surface area (Å²) < 4.78 is 10.0. The molecule has 9 nitrogen and oxygen atoms in total. The number of hydrogen-bond donors (Lipinski definition) is 1. The van der Waals surface area contributed by atoms with E-state index < -0.39 is 0 Å². The first-order valence-electron chi connectivity index (χ1n) is 12.4. The van der Waals surface area contributed by atoms with Crippen molar-refractivity contribution in [1.29, 1.82) is 5.26 Å². The molecule has 2 aliphatic rings. The second-order valence-corrected chi connectivity index (χ2v) is 9.43. The molecule has 1 aliphatic heterocycles. The molecular formula is C27H24N8O. The average Bonchev–Trinajstić information content (AvgIpc) is 3.66. The maximum atomic E-state index is 9.38. The normalized spacial score (nSPS) is 17.7. The van der Waals surface area contributed by atoms with Crippen LogP contribution in [0.25, 0.3) is 28.1 Å². The van der Waals surface area contributed by atoms with Crippen molar-refractivity contribution < 1.29 is 4.74 Å². The maximum Gasteiger partial charge on any atom is 0.237 e. The van der Waals surface area contributed by atoms with E-state index in [9.17, 15) is 5.26 Å². The minimum atomic E-state index is 0.0383. The predicted molar refractivity (Wildman–Crippen MR) is 135 cm³/mol. The van der Waals surface area contributed by atoms with Crippen LogP contribution in [0, 0.1) is 11.3 Å². The van der Waals surface area contributed by atoms with Gasteiger partial charge < -0.3 is 10.1 Å². The van der Waals surface area contributed by atoms with E-state index in [4.69, 9.17) is 14.7 Å². The lowest BCUT2D eigenvalue weighted by atomic mass is 10.0. The lowest BCUT2D eigenvalue weighted by Gasteiger charge is -2.29. The minimum absolute atomic E-state index is 0.0383.